The van der Waals surface area contributed by atoms with Gasteiger partial charge in [0.15, 0.2) is 0 Å². The molecule has 0 spiro atoms. The first-order valence-electron chi connectivity index (χ1n) is 8.19. The smallest absolute Gasteiger partial charge is 0.276 e. The van der Waals surface area contributed by atoms with Gasteiger partial charge in [0.05, 0.1) is 0 Å². The molecule has 28 heavy (non-hydrogen) atoms. The zero-order valence-electron chi connectivity index (χ0n) is 14.5. The molecule has 1 atom stereocenters. The van der Waals surface area contributed by atoms with Gasteiger partial charge in [-0.15, -0.1) is 0 Å². The predicted molar refractivity (Wildman–Crippen MR) is 104 cm³/mol. The second-order valence-corrected chi connectivity index (χ2v) is 7.61. The van der Waals surface area contributed by atoms with Gasteiger partial charge in [0, 0.05) is 17.3 Å². The number of amides is 1. The van der Waals surface area contributed by atoms with Gasteiger partial charge in [-0.05, 0) is 47.5 Å². The van der Waals surface area contributed by atoms with Crippen LogP contribution in [0.3, 0.4) is 0 Å². The van der Waals surface area contributed by atoms with E-state index >= 15 is 0 Å². The molecule has 4 N–H and O–H groups in total. The van der Waals surface area contributed by atoms with Crippen molar-refractivity contribution in [1.29, 1.82) is 0 Å². The highest BCUT2D eigenvalue weighted by atomic mass is 32.2. The summed E-state index contributed by atoms with van der Waals surface area (Å²) in [6, 6.07) is 17.3. The van der Waals surface area contributed by atoms with E-state index in [0.29, 0.717) is 5.69 Å². The molecule has 3 aromatic carbocycles. The molecular weight excluding hydrogens is 382 g/mol. The number of anilines is 1. The highest BCUT2D eigenvalue weighted by molar-refractivity contribution is 7.86. The van der Waals surface area contributed by atoms with Crippen LogP contribution in [0.1, 0.15) is 26.7 Å². The van der Waals surface area contributed by atoms with Gasteiger partial charge in [-0.25, -0.2) is 0 Å². The maximum Gasteiger partial charge on any atom is 0.276 e. The zero-order chi connectivity index (χ0) is 20.3. The van der Waals surface area contributed by atoms with Crippen molar-refractivity contribution in [2.75, 3.05) is 5.32 Å². The Morgan fingerprint density at radius 1 is 0.821 bits per heavy atom. The van der Waals surface area contributed by atoms with Crippen molar-refractivity contribution in [3.63, 3.8) is 0 Å². The Labute approximate surface area is 161 Å². The summed E-state index contributed by atoms with van der Waals surface area (Å²) in [5.74, 6) is -0.458. The number of hydrogen-bond donors (Lipinski definition) is 4. The highest BCUT2D eigenvalue weighted by Crippen LogP contribution is 2.31. The third-order valence-corrected chi connectivity index (χ3v) is 5.21. The Kier molecular flexibility index (Phi) is 5.34. The lowest BCUT2D eigenvalue weighted by atomic mass is 10.0. The summed E-state index contributed by atoms with van der Waals surface area (Å²) in [6.45, 7) is 0. The van der Waals surface area contributed by atoms with Crippen LogP contribution < -0.4 is 5.32 Å². The van der Waals surface area contributed by atoms with Crippen LogP contribution in [0.5, 0.6) is 11.5 Å². The molecule has 3 aromatic rings. The molecule has 0 saturated carbocycles. The van der Waals surface area contributed by atoms with Gasteiger partial charge < -0.3 is 15.5 Å². The molecule has 0 saturated heterocycles. The number of phenols is 2. The fourth-order valence-electron chi connectivity index (χ4n) is 2.78. The zero-order valence-corrected chi connectivity index (χ0v) is 15.3. The van der Waals surface area contributed by atoms with Crippen molar-refractivity contribution < 1.29 is 28.0 Å². The molecular formula is C20H17NO6S. The lowest BCUT2D eigenvalue weighted by Crippen LogP contribution is -2.15. The molecule has 0 aromatic heterocycles. The minimum atomic E-state index is -4.48. The second-order valence-electron chi connectivity index (χ2n) is 6.11. The van der Waals surface area contributed by atoms with Crippen molar-refractivity contribution in [3.8, 4) is 11.5 Å². The predicted octanol–water partition coefficient (Wildman–Crippen LogP) is 3.33. The third kappa shape index (κ3) is 4.48. The molecule has 7 nitrogen and oxygen atoms in total. The standard InChI is InChI=1S/C20H17NO6S/c22-17-10-8-14(9-11-17)19(28(25,26)27)13-4-6-15(7-5-13)20(24)21-16-2-1-3-18(23)12-16/h1-12,19,22-23H,(H,21,24)(H,25,26,27). The van der Waals surface area contributed by atoms with E-state index in [1.807, 2.05) is 0 Å². The van der Waals surface area contributed by atoms with Crippen molar-refractivity contribution in [1.82, 2.24) is 0 Å². The van der Waals surface area contributed by atoms with E-state index in [1.165, 1.54) is 60.7 Å². The Balaban J connectivity index is 1.87. The van der Waals surface area contributed by atoms with Crippen molar-refractivity contribution in [3.05, 3.63) is 89.5 Å². The van der Waals surface area contributed by atoms with E-state index in [9.17, 15) is 28.0 Å². The lowest BCUT2D eigenvalue weighted by molar-refractivity contribution is 0.102. The van der Waals surface area contributed by atoms with E-state index in [4.69, 9.17) is 0 Å². The average Bonchev–Trinajstić information content (AvgIpc) is 2.63. The summed E-state index contributed by atoms with van der Waals surface area (Å²) in [6.07, 6.45) is 0. The Morgan fingerprint density at radius 3 is 1.93 bits per heavy atom. The SMILES string of the molecule is O=C(Nc1cccc(O)c1)c1ccc(C(c2ccc(O)cc2)S(=O)(=O)O)cc1. The molecule has 0 fully saturated rings. The first-order valence-corrected chi connectivity index (χ1v) is 9.70. The van der Waals surface area contributed by atoms with Gasteiger partial charge in [-0.2, -0.15) is 8.42 Å². The maximum absolute atomic E-state index is 12.3. The molecule has 3 rings (SSSR count). The Hall–Kier alpha value is -3.36. The van der Waals surface area contributed by atoms with Gasteiger partial charge in [-0.3, -0.25) is 9.35 Å². The molecule has 1 amide bonds. The van der Waals surface area contributed by atoms with Crippen LogP contribution in [-0.4, -0.2) is 29.1 Å². The summed E-state index contributed by atoms with van der Waals surface area (Å²) in [4.78, 5) is 12.3. The molecule has 1 unspecified atom stereocenters. The maximum atomic E-state index is 12.3. The van der Waals surface area contributed by atoms with E-state index < -0.39 is 21.3 Å². The Morgan fingerprint density at radius 2 is 1.39 bits per heavy atom. The van der Waals surface area contributed by atoms with Crippen LogP contribution in [-0.2, 0) is 10.1 Å². The molecule has 8 heteroatoms. The van der Waals surface area contributed by atoms with E-state index in [-0.39, 0.29) is 28.2 Å². The van der Waals surface area contributed by atoms with Crippen LogP contribution >= 0.6 is 0 Å². The van der Waals surface area contributed by atoms with Crippen LogP contribution in [0.2, 0.25) is 0 Å². The third-order valence-electron chi connectivity index (χ3n) is 4.07. The quantitative estimate of drug-likeness (QED) is 0.488. The van der Waals surface area contributed by atoms with Gasteiger partial charge in [0.25, 0.3) is 16.0 Å². The van der Waals surface area contributed by atoms with Gasteiger partial charge in [-0.1, -0.05) is 30.3 Å². The van der Waals surface area contributed by atoms with Crippen LogP contribution in [0.4, 0.5) is 5.69 Å². The number of benzene rings is 3. The summed E-state index contributed by atoms with van der Waals surface area (Å²) < 4.78 is 33.5. The number of hydrogen-bond acceptors (Lipinski definition) is 5. The average molecular weight is 399 g/mol. The first-order chi connectivity index (χ1) is 13.2. The largest absolute Gasteiger partial charge is 0.508 e. The first kappa shape index (κ1) is 19.4. The fourth-order valence-corrected chi connectivity index (χ4v) is 3.78. The van der Waals surface area contributed by atoms with Gasteiger partial charge in [0.2, 0.25) is 0 Å². The van der Waals surface area contributed by atoms with Crippen LogP contribution in [0, 0.1) is 0 Å². The van der Waals surface area contributed by atoms with Crippen LogP contribution in [0.25, 0.3) is 0 Å². The molecule has 0 radical (unpaired) electrons. The number of nitrogens with one attached hydrogen (secondary N) is 1. The second kappa shape index (κ2) is 7.71. The van der Waals surface area contributed by atoms with Gasteiger partial charge >= 0.3 is 0 Å². The van der Waals surface area contributed by atoms with Crippen molar-refractivity contribution in [2.24, 2.45) is 0 Å². The normalized spacial score (nSPS) is 12.3. The summed E-state index contributed by atoms with van der Waals surface area (Å²) in [5.41, 5.74) is 1.22. The monoisotopic (exact) mass is 399 g/mol. The topological polar surface area (TPSA) is 124 Å². The van der Waals surface area contributed by atoms with Crippen molar-refractivity contribution >= 4 is 21.7 Å². The molecule has 0 aliphatic carbocycles. The Bertz CT molecular complexity index is 1090. The number of rotatable bonds is 5. The van der Waals surface area contributed by atoms with Gasteiger partial charge in [0.1, 0.15) is 16.7 Å². The molecule has 0 aliphatic heterocycles. The van der Waals surface area contributed by atoms with Crippen molar-refractivity contribution in [2.45, 2.75) is 5.25 Å². The number of carbonyl (C=O) groups is 1. The minimum Gasteiger partial charge on any atom is -0.508 e. The van der Waals surface area contributed by atoms with E-state index in [1.54, 1.807) is 12.1 Å². The molecule has 144 valence electrons. The number of carbonyl (C=O) groups excluding carboxylic acids is 1. The molecule has 0 aliphatic rings. The lowest BCUT2D eigenvalue weighted by Gasteiger charge is -2.15. The van der Waals surface area contributed by atoms with Crippen LogP contribution in [0.15, 0.2) is 72.8 Å². The number of aromatic hydroxyl groups is 2. The highest BCUT2D eigenvalue weighted by Gasteiger charge is 2.27. The summed E-state index contributed by atoms with van der Waals surface area (Å²) in [5, 5.41) is 20.1. The molecule has 0 heterocycles. The summed E-state index contributed by atoms with van der Waals surface area (Å²) >= 11 is 0. The van der Waals surface area contributed by atoms with E-state index in [2.05, 4.69) is 5.32 Å². The molecule has 0 bridgehead atoms. The fraction of sp³-hybridized carbons (Fsp3) is 0.0500. The van der Waals surface area contributed by atoms with E-state index in [0.717, 1.165) is 0 Å². The summed E-state index contributed by atoms with van der Waals surface area (Å²) in [7, 11) is -4.48. The number of phenolic OH excluding ortho intramolecular Hbond substituents is 2. The minimum absolute atomic E-state index is 0.0121.